The molecule has 2 aromatic carbocycles. The third kappa shape index (κ3) is 4.20. The Balaban J connectivity index is 1.29. The first-order valence-corrected chi connectivity index (χ1v) is 13.3. The van der Waals surface area contributed by atoms with Gasteiger partial charge in [0.15, 0.2) is 0 Å². The van der Waals surface area contributed by atoms with Crippen LogP contribution in [-0.2, 0) is 11.3 Å². The Morgan fingerprint density at radius 3 is 2.64 bits per heavy atom. The van der Waals surface area contributed by atoms with Gasteiger partial charge in [0.1, 0.15) is 5.75 Å². The van der Waals surface area contributed by atoms with Gasteiger partial charge >= 0.3 is 0 Å². The summed E-state index contributed by atoms with van der Waals surface area (Å²) in [7, 11) is 1.77. The molecule has 36 heavy (non-hydrogen) atoms. The Labute approximate surface area is 213 Å². The van der Waals surface area contributed by atoms with E-state index in [1.165, 1.54) is 53.3 Å². The summed E-state index contributed by atoms with van der Waals surface area (Å²) < 4.78 is 11.1. The minimum absolute atomic E-state index is 0.0149. The zero-order chi connectivity index (χ0) is 24.9. The van der Waals surface area contributed by atoms with Crippen molar-refractivity contribution in [3.63, 3.8) is 0 Å². The van der Waals surface area contributed by atoms with Crippen LogP contribution in [0.15, 0.2) is 42.6 Å². The van der Waals surface area contributed by atoms with Gasteiger partial charge in [-0.25, -0.2) is 0 Å². The maximum Gasteiger partial charge on any atom is 0.251 e. The lowest BCUT2D eigenvalue weighted by molar-refractivity contribution is -0.0397. The highest BCUT2D eigenvalue weighted by Crippen LogP contribution is 2.56. The number of aromatic nitrogens is 1. The summed E-state index contributed by atoms with van der Waals surface area (Å²) in [6.45, 7) is 7.65. The molecule has 1 aliphatic carbocycles. The van der Waals surface area contributed by atoms with Gasteiger partial charge in [0.2, 0.25) is 0 Å². The Morgan fingerprint density at radius 2 is 1.97 bits per heavy atom. The number of likely N-dealkylation sites (tertiary alicyclic amines) is 1. The van der Waals surface area contributed by atoms with Crippen molar-refractivity contribution in [2.24, 2.45) is 11.3 Å². The Hall–Kier alpha value is -2.83. The second-order valence-electron chi connectivity index (χ2n) is 11.4. The molecule has 3 aliphatic rings. The first-order chi connectivity index (χ1) is 17.4. The van der Waals surface area contributed by atoms with Crippen LogP contribution in [0.4, 0.5) is 0 Å². The molecule has 3 aromatic rings. The van der Waals surface area contributed by atoms with Crippen molar-refractivity contribution in [1.82, 2.24) is 15.2 Å². The molecule has 1 saturated carbocycles. The number of aryl methyl sites for hydroxylation is 1. The van der Waals surface area contributed by atoms with E-state index in [0.717, 1.165) is 24.8 Å². The minimum Gasteiger partial charge on any atom is -0.496 e. The fraction of sp³-hybridized carbons (Fsp3) is 0.500. The number of piperidine rings is 1. The summed E-state index contributed by atoms with van der Waals surface area (Å²) in [6, 6.07) is 13.1. The van der Waals surface area contributed by atoms with E-state index in [2.05, 4.69) is 53.3 Å². The molecule has 6 rings (SSSR count). The van der Waals surface area contributed by atoms with Crippen molar-refractivity contribution in [2.45, 2.75) is 58.2 Å². The molecule has 1 spiro atoms. The number of nitrogens with zero attached hydrogens (tertiary/aromatic N) is 1. The normalized spacial score (nSPS) is 26.5. The molecule has 1 atom stereocenters. The van der Waals surface area contributed by atoms with Gasteiger partial charge in [0, 0.05) is 40.8 Å². The van der Waals surface area contributed by atoms with E-state index in [-0.39, 0.29) is 11.9 Å². The van der Waals surface area contributed by atoms with Crippen LogP contribution in [-0.4, -0.2) is 48.7 Å². The number of amides is 1. The zero-order valence-corrected chi connectivity index (χ0v) is 21.6. The molecule has 3 heterocycles. The molecule has 0 radical (unpaired) electrons. The average Bonchev–Trinajstić information content (AvgIpc) is 3.34. The largest absolute Gasteiger partial charge is 0.496 e. The van der Waals surface area contributed by atoms with E-state index >= 15 is 0 Å². The van der Waals surface area contributed by atoms with E-state index in [9.17, 15) is 4.79 Å². The third-order valence-corrected chi connectivity index (χ3v) is 8.78. The summed E-state index contributed by atoms with van der Waals surface area (Å²) in [4.78, 5) is 18.7. The number of hydrogen-bond donors (Lipinski definition) is 2. The highest BCUT2D eigenvalue weighted by molar-refractivity contribution is 5.94. The van der Waals surface area contributed by atoms with Crippen LogP contribution in [0.2, 0.25) is 0 Å². The van der Waals surface area contributed by atoms with Gasteiger partial charge in [-0.1, -0.05) is 19.1 Å². The first kappa shape index (κ1) is 23.6. The van der Waals surface area contributed by atoms with Gasteiger partial charge in [0.05, 0.1) is 26.4 Å². The van der Waals surface area contributed by atoms with Crippen LogP contribution >= 0.6 is 0 Å². The molecular weight excluding hydrogens is 450 g/mol. The maximum absolute atomic E-state index is 12.6. The molecule has 2 aliphatic heterocycles. The van der Waals surface area contributed by atoms with Crippen molar-refractivity contribution in [1.29, 1.82) is 0 Å². The average molecular weight is 488 g/mol. The van der Waals surface area contributed by atoms with E-state index in [1.807, 2.05) is 18.3 Å². The number of carbonyl (C=O) groups is 1. The second-order valence-corrected chi connectivity index (χ2v) is 11.4. The molecule has 2 saturated heterocycles. The highest BCUT2D eigenvalue weighted by atomic mass is 16.5. The van der Waals surface area contributed by atoms with Gasteiger partial charge < -0.3 is 19.8 Å². The Bertz CT molecular complexity index is 1250. The number of benzene rings is 2. The highest BCUT2D eigenvalue weighted by Gasteiger charge is 2.47. The molecule has 0 unspecified atom stereocenters. The topological polar surface area (TPSA) is 66.6 Å². The fourth-order valence-corrected chi connectivity index (χ4v) is 6.91. The molecular formula is C30H37N3O3. The molecule has 190 valence electrons. The summed E-state index contributed by atoms with van der Waals surface area (Å²) in [5.74, 6) is 1.78. The van der Waals surface area contributed by atoms with Gasteiger partial charge in [-0.3, -0.25) is 9.69 Å². The number of fused-ring (bicyclic) bond motifs is 1. The van der Waals surface area contributed by atoms with Crippen LogP contribution < -0.4 is 10.1 Å². The smallest absolute Gasteiger partial charge is 0.251 e. The lowest BCUT2D eigenvalue weighted by Gasteiger charge is -2.54. The maximum atomic E-state index is 12.6. The van der Waals surface area contributed by atoms with Crippen LogP contribution in [0.3, 0.4) is 0 Å². The molecule has 1 aromatic heterocycles. The third-order valence-electron chi connectivity index (χ3n) is 8.78. The quantitative estimate of drug-likeness (QED) is 0.491. The number of hydrogen-bond acceptors (Lipinski definition) is 4. The van der Waals surface area contributed by atoms with Crippen molar-refractivity contribution >= 4 is 16.8 Å². The molecule has 0 bridgehead atoms. The van der Waals surface area contributed by atoms with E-state index in [4.69, 9.17) is 9.47 Å². The zero-order valence-electron chi connectivity index (χ0n) is 21.6. The van der Waals surface area contributed by atoms with Crippen LogP contribution in [0, 0.1) is 18.3 Å². The van der Waals surface area contributed by atoms with Crippen LogP contribution in [0.5, 0.6) is 5.75 Å². The van der Waals surface area contributed by atoms with Gasteiger partial charge in [-0.05, 0) is 85.9 Å². The molecule has 1 amide bonds. The van der Waals surface area contributed by atoms with Gasteiger partial charge in [-0.2, -0.15) is 0 Å². The van der Waals surface area contributed by atoms with Gasteiger partial charge in [0.25, 0.3) is 5.91 Å². The predicted octanol–water partition coefficient (Wildman–Crippen LogP) is 5.37. The molecule has 2 N–H and O–H groups in total. The van der Waals surface area contributed by atoms with Crippen LogP contribution in [0.1, 0.15) is 65.7 Å². The van der Waals surface area contributed by atoms with Crippen molar-refractivity contribution < 1.29 is 14.3 Å². The summed E-state index contributed by atoms with van der Waals surface area (Å²) in [5, 5.41) is 4.30. The Morgan fingerprint density at radius 1 is 1.19 bits per heavy atom. The monoisotopic (exact) mass is 487 g/mol. The van der Waals surface area contributed by atoms with Crippen LogP contribution in [0.25, 0.3) is 10.9 Å². The van der Waals surface area contributed by atoms with Gasteiger partial charge in [-0.15, -0.1) is 0 Å². The standard InChI is InChI=1S/C30H37N3O3/c1-19-13-30(14-19)9-11-33(16-25-24-8-10-31-28(24)20(2)12-27(25)35-3)26(15-30)21-4-6-22(7-5-21)29(34)32-23-17-36-18-23/h4-8,10,12,19,23,26,31H,9,11,13-18H2,1-3H3,(H,32,34)/t19?,26-,30?/m0/s1. The summed E-state index contributed by atoms with van der Waals surface area (Å²) in [5.41, 5.74) is 6.12. The molecule has 6 nitrogen and oxygen atoms in total. The van der Waals surface area contributed by atoms with Crippen molar-refractivity contribution in [2.75, 3.05) is 26.9 Å². The number of carbonyl (C=O) groups excluding carboxylic acids is 1. The number of aromatic amines is 1. The number of ether oxygens (including phenoxy) is 2. The number of rotatable bonds is 6. The second kappa shape index (κ2) is 9.24. The number of methoxy groups -OCH3 is 1. The summed E-state index contributed by atoms with van der Waals surface area (Å²) in [6.07, 6.45) is 7.11. The SMILES string of the molecule is COc1cc(C)c2[nH]ccc2c1CN1CCC2(CC(C)C2)C[C@H]1c1ccc(C(=O)NC2COC2)cc1. The minimum atomic E-state index is -0.0149. The lowest BCUT2D eigenvalue weighted by atomic mass is 9.56. The Kier molecular flexibility index (Phi) is 6.05. The van der Waals surface area contributed by atoms with E-state index in [0.29, 0.717) is 30.2 Å². The van der Waals surface area contributed by atoms with Crippen molar-refractivity contribution in [3.05, 3.63) is 64.8 Å². The number of nitrogens with one attached hydrogen (secondary N) is 2. The molecule has 3 fully saturated rings. The number of H-pyrrole nitrogens is 1. The lowest BCUT2D eigenvalue weighted by Crippen LogP contribution is -2.48. The fourth-order valence-electron chi connectivity index (χ4n) is 6.91. The summed E-state index contributed by atoms with van der Waals surface area (Å²) >= 11 is 0. The first-order valence-electron chi connectivity index (χ1n) is 13.3. The van der Waals surface area contributed by atoms with E-state index in [1.54, 1.807) is 7.11 Å². The predicted molar refractivity (Wildman–Crippen MR) is 141 cm³/mol. The molecule has 6 heteroatoms. The van der Waals surface area contributed by atoms with Crippen molar-refractivity contribution in [3.8, 4) is 5.75 Å². The van der Waals surface area contributed by atoms with E-state index < -0.39 is 0 Å².